The number of hydrogen-bond donors (Lipinski definition) is 2. The average molecular weight is 275 g/mol. The summed E-state index contributed by atoms with van der Waals surface area (Å²) in [5.74, 6) is 4.88. The fourth-order valence-corrected chi connectivity index (χ4v) is 2.62. The summed E-state index contributed by atoms with van der Waals surface area (Å²) < 4.78 is 0. The van der Waals surface area contributed by atoms with Crippen LogP contribution < -0.4 is 11.3 Å². The molecule has 2 aromatic rings. The first kappa shape index (κ1) is 13.7. The first-order valence-corrected chi connectivity index (χ1v) is 6.93. The minimum Gasteiger partial charge on any atom is -0.298 e. The minimum absolute atomic E-state index is 0.262. The topological polar surface area (TPSA) is 58.4 Å². The van der Waals surface area contributed by atoms with Gasteiger partial charge in [0.05, 0.1) is 0 Å². The van der Waals surface area contributed by atoms with Crippen molar-refractivity contribution in [3.8, 4) is 0 Å². The van der Waals surface area contributed by atoms with Gasteiger partial charge in [0.1, 0.15) is 0 Å². The zero-order valence-corrected chi connectivity index (χ0v) is 11.6. The van der Waals surface area contributed by atoms with Crippen molar-refractivity contribution >= 4 is 17.2 Å². The Bertz CT molecular complexity index is 539. The molecule has 0 saturated heterocycles. The summed E-state index contributed by atoms with van der Waals surface area (Å²) >= 11 is 1.70. The zero-order chi connectivity index (χ0) is 13.7. The Morgan fingerprint density at radius 1 is 1.32 bits per heavy atom. The molecule has 1 aromatic carbocycles. The molecular weight excluding hydrogens is 258 g/mol. The molecular formula is C14H17N3OS. The van der Waals surface area contributed by atoms with Crippen LogP contribution in [-0.2, 0) is 13.1 Å². The fourth-order valence-electron chi connectivity index (χ4n) is 1.96. The molecule has 5 heteroatoms. The number of rotatable bonds is 5. The molecule has 1 aromatic heterocycles. The number of hydrazine groups is 1. The molecule has 19 heavy (non-hydrogen) atoms. The van der Waals surface area contributed by atoms with Crippen LogP contribution in [0, 0.1) is 0 Å². The monoisotopic (exact) mass is 275 g/mol. The molecule has 0 radical (unpaired) electrons. The van der Waals surface area contributed by atoms with E-state index in [1.54, 1.807) is 17.4 Å². The van der Waals surface area contributed by atoms with E-state index in [0.29, 0.717) is 5.56 Å². The molecule has 0 saturated carbocycles. The lowest BCUT2D eigenvalue weighted by Crippen LogP contribution is -2.30. The Morgan fingerprint density at radius 3 is 2.79 bits per heavy atom. The Labute approximate surface area is 116 Å². The number of nitrogens with two attached hydrogens (primary N) is 1. The molecule has 2 rings (SSSR count). The lowest BCUT2D eigenvalue weighted by atomic mass is 10.1. The molecule has 3 N–H and O–H groups in total. The van der Waals surface area contributed by atoms with E-state index in [0.717, 1.165) is 18.7 Å². The molecule has 1 heterocycles. The number of nitrogens with one attached hydrogen (secondary N) is 1. The number of carbonyl (C=O) groups is 1. The SMILES string of the molecule is CN(Cc1ccsc1)Cc1cccc(C(=O)NN)c1. The van der Waals surface area contributed by atoms with E-state index >= 15 is 0 Å². The van der Waals surface area contributed by atoms with Crippen LogP contribution in [0.15, 0.2) is 41.1 Å². The number of nitrogens with zero attached hydrogens (tertiary/aromatic N) is 1. The van der Waals surface area contributed by atoms with E-state index < -0.39 is 0 Å². The second kappa shape index (κ2) is 6.47. The summed E-state index contributed by atoms with van der Waals surface area (Å²) in [6, 6.07) is 9.63. The van der Waals surface area contributed by atoms with Crippen molar-refractivity contribution in [2.45, 2.75) is 13.1 Å². The van der Waals surface area contributed by atoms with E-state index in [9.17, 15) is 4.79 Å². The highest BCUT2D eigenvalue weighted by atomic mass is 32.1. The van der Waals surface area contributed by atoms with Gasteiger partial charge < -0.3 is 0 Å². The fraction of sp³-hybridized carbons (Fsp3) is 0.214. The van der Waals surface area contributed by atoms with Crippen LogP contribution in [0.25, 0.3) is 0 Å². The maximum Gasteiger partial charge on any atom is 0.265 e. The maximum absolute atomic E-state index is 11.5. The standard InChI is InChI=1S/C14H17N3OS/c1-17(9-12-5-6-19-10-12)8-11-3-2-4-13(7-11)14(18)16-15/h2-7,10H,8-9,15H2,1H3,(H,16,18). The number of benzene rings is 1. The highest BCUT2D eigenvalue weighted by Crippen LogP contribution is 2.12. The highest BCUT2D eigenvalue weighted by molar-refractivity contribution is 7.07. The lowest BCUT2D eigenvalue weighted by molar-refractivity contribution is 0.0953. The third kappa shape index (κ3) is 3.89. The van der Waals surface area contributed by atoms with Crippen molar-refractivity contribution < 1.29 is 4.79 Å². The average Bonchev–Trinajstić information content (AvgIpc) is 2.90. The first-order chi connectivity index (χ1) is 9.19. The van der Waals surface area contributed by atoms with Gasteiger partial charge in [-0.05, 0) is 47.1 Å². The van der Waals surface area contributed by atoms with Gasteiger partial charge in [0.2, 0.25) is 0 Å². The molecule has 100 valence electrons. The molecule has 0 atom stereocenters. The van der Waals surface area contributed by atoms with E-state index in [4.69, 9.17) is 5.84 Å². The number of amides is 1. The Morgan fingerprint density at radius 2 is 2.11 bits per heavy atom. The summed E-state index contributed by atoms with van der Waals surface area (Å²) in [4.78, 5) is 13.7. The summed E-state index contributed by atoms with van der Waals surface area (Å²) in [6.07, 6.45) is 0. The molecule has 0 aliphatic carbocycles. The summed E-state index contributed by atoms with van der Waals surface area (Å²) in [5.41, 5.74) is 5.14. The maximum atomic E-state index is 11.5. The van der Waals surface area contributed by atoms with Gasteiger partial charge in [0, 0.05) is 18.7 Å². The molecule has 1 amide bonds. The van der Waals surface area contributed by atoms with Crippen LogP contribution in [0.1, 0.15) is 21.5 Å². The van der Waals surface area contributed by atoms with Crippen molar-refractivity contribution in [3.63, 3.8) is 0 Å². The molecule has 0 unspecified atom stereocenters. The van der Waals surface area contributed by atoms with Crippen molar-refractivity contribution in [3.05, 3.63) is 57.8 Å². The summed E-state index contributed by atoms with van der Waals surface area (Å²) in [5, 5.41) is 4.23. The predicted molar refractivity (Wildman–Crippen MR) is 77.6 cm³/mol. The molecule has 4 nitrogen and oxygen atoms in total. The van der Waals surface area contributed by atoms with Gasteiger partial charge in [-0.3, -0.25) is 15.1 Å². The highest BCUT2D eigenvalue weighted by Gasteiger charge is 2.06. The van der Waals surface area contributed by atoms with Crippen LogP contribution in [0.2, 0.25) is 0 Å². The molecule has 0 fully saturated rings. The molecule has 0 spiro atoms. The van der Waals surface area contributed by atoms with E-state index in [2.05, 4.69) is 34.2 Å². The minimum atomic E-state index is -0.262. The Hall–Kier alpha value is -1.69. The van der Waals surface area contributed by atoms with Gasteiger partial charge in [-0.15, -0.1) is 0 Å². The molecule has 0 aliphatic rings. The van der Waals surface area contributed by atoms with Crippen LogP contribution in [0.5, 0.6) is 0 Å². The quantitative estimate of drug-likeness (QED) is 0.498. The van der Waals surface area contributed by atoms with Crippen molar-refractivity contribution in [1.29, 1.82) is 0 Å². The van der Waals surface area contributed by atoms with Crippen LogP contribution in [0.3, 0.4) is 0 Å². The number of carbonyl (C=O) groups excluding carboxylic acids is 1. The Kier molecular flexibility index (Phi) is 4.68. The van der Waals surface area contributed by atoms with Gasteiger partial charge in [0.25, 0.3) is 5.91 Å². The van der Waals surface area contributed by atoms with Gasteiger partial charge in [-0.25, -0.2) is 5.84 Å². The van der Waals surface area contributed by atoms with Gasteiger partial charge in [-0.1, -0.05) is 12.1 Å². The normalized spacial score (nSPS) is 10.7. The third-order valence-electron chi connectivity index (χ3n) is 2.81. The van der Waals surface area contributed by atoms with Crippen molar-refractivity contribution in [2.75, 3.05) is 7.05 Å². The number of hydrogen-bond acceptors (Lipinski definition) is 4. The zero-order valence-electron chi connectivity index (χ0n) is 10.8. The summed E-state index contributed by atoms with van der Waals surface area (Å²) in [7, 11) is 2.06. The van der Waals surface area contributed by atoms with E-state index in [-0.39, 0.29) is 5.91 Å². The van der Waals surface area contributed by atoms with Crippen LogP contribution >= 0.6 is 11.3 Å². The summed E-state index contributed by atoms with van der Waals surface area (Å²) in [6.45, 7) is 1.69. The second-order valence-electron chi connectivity index (χ2n) is 4.48. The number of thiophene rings is 1. The van der Waals surface area contributed by atoms with Crippen LogP contribution in [0.4, 0.5) is 0 Å². The molecule has 0 bridgehead atoms. The number of nitrogen functional groups attached to an aromatic ring is 1. The van der Waals surface area contributed by atoms with Crippen molar-refractivity contribution in [1.82, 2.24) is 10.3 Å². The third-order valence-corrected chi connectivity index (χ3v) is 3.54. The van der Waals surface area contributed by atoms with Gasteiger partial charge in [-0.2, -0.15) is 11.3 Å². The van der Waals surface area contributed by atoms with Crippen LogP contribution in [-0.4, -0.2) is 17.9 Å². The Balaban J connectivity index is 2.00. The predicted octanol–water partition coefficient (Wildman–Crippen LogP) is 1.98. The van der Waals surface area contributed by atoms with E-state index in [1.165, 1.54) is 5.56 Å². The largest absolute Gasteiger partial charge is 0.298 e. The van der Waals surface area contributed by atoms with Gasteiger partial charge >= 0.3 is 0 Å². The van der Waals surface area contributed by atoms with E-state index in [1.807, 2.05) is 18.2 Å². The van der Waals surface area contributed by atoms with Gasteiger partial charge in [0.15, 0.2) is 0 Å². The molecule has 0 aliphatic heterocycles. The second-order valence-corrected chi connectivity index (χ2v) is 5.26. The smallest absolute Gasteiger partial charge is 0.265 e. The lowest BCUT2D eigenvalue weighted by Gasteiger charge is -2.16. The van der Waals surface area contributed by atoms with Crippen molar-refractivity contribution in [2.24, 2.45) is 5.84 Å². The first-order valence-electron chi connectivity index (χ1n) is 5.98.